The quantitative estimate of drug-likeness (QED) is 0.646. The molecule has 0 aromatic carbocycles. The smallest absolute Gasteiger partial charge is 0.470 e. The average Bonchev–Trinajstić information content (AvgIpc) is 3.20. The van der Waals surface area contributed by atoms with Gasteiger partial charge in [-0.05, 0) is 31.2 Å². The number of aromatic nitrogens is 4. The lowest BCUT2D eigenvalue weighted by atomic mass is 9.84. The van der Waals surface area contributed by atoms with Crippen molar-refractivity contribution < 1.29 is 36.6 Å². The van der Waals surface area contributed by atoms with Gasteiger partial charge in [0.2, 0.25) is 11.8 Å². The van der Waals surface area contributed by atoms with Gasteiger partial charge in [0, 0.05) is 25.1 Å². The molecule has 0 radical (unpaired) electrons. The van der Waals surface area contributed by atoms with Gasteiger partial charge >= 0.3 is 12.1 Å². The van der Waals surface area contributed by atoms with E-state index < -0.39 is 24.1 Å². The van der Waals surface area contributed by atoms with E-state index in [0.29, 0.717) is 35.6 Å². The van der Waals surface area contributed by atoms with Gasteiger partial charge in [-0.25, -0.2) is 18.4 Å². The molecule has 0 unspecified atom stereocenters. The number of likely N-dealkylation sites (tertiary alicyclic amines) is 1. The van der Waals surface area contributed by atoms with Crippen LogP contribution in [0, 0.1) is 5.92 Å². The molecule has 1 saturated heterocycles. The Morgan fingerprint density at radius 1 is 1.18 bits per heavy atom. The van der Waals surface area contributed by atoms with Crippen LogP contribution in [-0.2, 0) is 17.8 Å². The van der Waals surface area contributed by atoms with E-state index in [9.17, 15) is 31.9 Å². The van der Waals surface area contributed by atoms with Crippen LogP contribution < -0.4 is 4.74 Å². The predicted octanol–water partition coefficient (Wildman–Crippen LogP) is 2.67. The van der Waals surface area contributed by atoms with Gasteiger partial charge in [-0.1, -0.05) is 0 Å². The van der Waals surface area contributed by atoms with Crippen LogP contribution in [0.2, 0.25) is 0 Å². The molecule has 8 nitrogen and oxygen atoms in total. The van der Waals surface area contributed by atoms with Crippen LogP contribution in [0.15, 0.2) is 18.3 Å². The van der Waals surface area contributed by atoms with Crippen LogP contribution >= 0.6 is 0 Å². The maximum Gasteiger partial charge on any atom is 0.471 e. The Morgan fingerprint density at radius 3 is 2.48 bits per heavy atom. The summed E-state index contributed by atoms with van der Waals surface area (Å²) in [6.07, 6.45) is -3.38. The summed E-state index contributed by atoms with van der Waals surface area (Å²) in [4.78, 5) is 20.6. The Bertz CT molecular complexity index is 996. The first-order valence-corrected chi connectivity index (χ1v) is 10.5. The van der Waals surface area contributed by atoms with Crippen LogP contribution in [0.25, 0.3) is 5.95 Å². The topological polar surface area (TPSA) is 93.4 Å². The largest absolute Gasteiger partial charge is 0.471 e. The highest BCUT2D eigenvalue weighted by atomic mass is 19.4. The summed E-state index contributed by atoms with van der Waals surface area (Å²) in [6.45, 7) is -0.764. The second-order valence-electron chi connectivity index (χ2n) is 8.36. The minimum absolute atomic E-state index is 0.00514. The summed E-state index contributed by atoms with van der Waals surface area (Å²) >= 11 is 0. The number of nitrogens with zero attached hydrogens (tertiary/aromatic N) is 5. The molecule has 0 bridgehead atoms. The molecular formula is C20H22F5N5O3. The van der Waals surface area contributed by atoms with Crippen molar-refractivity contribution in [3.8, 4) is 11.8 Å². The van der Waals surface area contributed by atoms with E-state index in [1.54, 1.807) is 6.07 Å². The molecule has 1 aliphatic carbocycles. The first-order valence-electron chi connectivity index (χ1n) is 10.5. The fraction of sp³-hybridized carbons (Fsp3) is 0.600. The van der Waals surface area contributed by atoms with Crippen molar-refractivity contribution in [3.63, 3.8) is 0 Å². The number of alkyl halides is 5. The number of aliphatic hydroxyl groups excluding tert-OH is 1. The molecule has 13 heteroatoms. The highest BCUT2D eigenvalue weighted by Gasteiger charge is 2.47. The van der Waals surface area contributed by atoms with Crippen LogP contribution in [0.5, 0.6) is 5.88 Å². The van der Waals surface area contributed by atoms with Gasteiger partial charge in [0.1, 0.15) is 6.10 Å². The van der Waals surface area contributed by atoms with Crippen molar-refractivity contribution in [2.24, 2.45) is 5.92 Å². The summed E-state index contributed by atoms with van der Waals surface area (Å²) in [5.41, 5.74) is 0.898. The number of halogens is 5. The average molecular weight is 475 g/mol. The molecule has 2 fully saturated rings. The molecule has 1 aliphatic heterocycles. The van der Waals surface area contributed by atoms with Gasteiger partial charge in [0.25, 0.3) is 5.95 Å². The summed E-state index contributed by atoms with van der Waals surface area (Å²) in [7, 11) is 0. The number of amides is 1. The molecule has 33 heavy (non-hydrogen) atoms. The minimum atomic E-state index is -4.94. The third-order valence-corrected chi connectivity index (χ3v) is 5.75. The first-order chi connectivity index (χ1) is 15.5. The van der Waals surface area contributed by atoms with E-state index >= 15 is 0 Å². The molecule has 2 aromatic rings. The van der Waals surface area contributed by atoms with Crippen molar-refractivity contribution in [1.29, 1.82) is 0 Å². The number of carbonyl (C=O) groups excluding carboxylic acids is 1. The van der Waals surface area contributed by atoms with Crippen LogP contribution in [-0.4, -0.2) is 67.0 Å². The van der Waals surface area contributed by atoms with E-state index in [2.05, 4.69) is 15.1 Å². The standard InChI is InChI=1S/C20H22F5N5O3/c21-19(22)4-1-12(2-5-19)7-14-8-16(27-18(26-14)30-6-3-13(11-31)28-30)33-15-9-29(10-15)17(32)20(23,24)25/h3,6,8,12,15,31H,1-2,4-5,7,9-11H2. The SMILES string of the molecule is O=C(N1CC(Oc2cc(CC3CCC(F)(F)CC3)nc(-n3ccc(CO)n3)n2)C1)C(F)(F)F. The van der Waals surface area contributed by atoms with Gasteiger partial charge in [-0.2, -0.15) is 23.3 Å². The van der Waals surface area contributed by atoms with Crippen LogP contribution in [0.3, 0.4) is 0 Å². The monoisotopic (exact) mass is 475 g/mol. The molecule has 2 aliphatic rings. The number of ether oxygens (including phenoxy) is 1. The Morgan fingerprint density at radius 2 is 1.88 bits per heavy atom. The third-order valence-electron chi connectivity index (χ3n) is 5.75. The molecule has 0 atom stereocenters. The zero-order valence-corrected chi connectivity index (χ0v) is 17.4. The molecule has 1 N–H and O–H groups in total. The van der Waals surface area contributed by atoms with Crippen molar-refractivity contribution in [2.45, 2.75) is 56.9 Å². The van der Waals surface area contributed by atoms with E-state index in [-0.39, 0.29) is 50.3 Å². The zero-order valence-electron chi connectivity index (χ0n) is 17.4. The lowest BCUT2D eigenvalue weighted by Crippen LogP contribution is -2.59. The fourth-order valence-electron chi connectivity index (χ4n) is 3.91. The Kier molecular flexibility index (Phi) is 6.25. The van der Waals surface area contributed by atoms with Gasteiger partial charge in [-0.15, -0.1) is 0 Å². The van der Waals surface area contributed by atoms with Crippen LogP contribution in [0.1, 0.15) is 37.1 Å². The maximum atomic E-state index is 13.5. The highest BCUT2D eigenvalue weighted by Crippen LogP contribution is 2.37. The Hall–Kier alpha value is -2.83. The molecule has 2 aromatic heterocycles. The summed E-state index contributed by atoms with van der Waals surface area (Å²) in [6, 6.07) is 3.09. The van der Waals surface area contributed by atoms with E-state index in [1.165, 1.54) is 16.9 Å². The predicted molar refractivity (Wildman–Crippen MR) is 103 cm³/mol. The van der Waals surface area contributed by atoms with E-state index in [4.69, 9.17) is 4.74 Å². The van der Waals surface area contributed by atoms with Crippen molar-refractivity contribution in [3.05, 3.63) is 29.7 Å². The van der Waals surface area contributed by atoms with E-state index in [1.807, 2.05) is 0 Å². The molecular weight excluding hydrogens is 453 g/mol. The number of aliphatic hydroxyl groups is 1. The second kappa shape index (κ2) is 8.84. The zero-order chi connectivity index (χ0) is 23.8. The molecule has 3 heterocycles. The normalized spacial score (nSPS) is 19.4. The van der Waals surface area contributed by atoms with Gasteiger partial charge < -0.3 is 14.7 Å². The van der Waals surface area contributed by atoms with E-state index in [0.717, 1.165) is 0 Å². The summed E-state index contributed by atoms with van der Waals surface area (Å²) in [5.74, 6) is -4.38. The molecule has 0 spiro atoms. The lowest BCUT2D eigenvalue weighted by molar-refractivity contribution is -0.193. The van der Waals surface area contributed by atoms with Gasteiger partial charge in [0.15, 0.2) is 0 Å². The lowest BCUT2D eigenvalue weighted by Gasteiger charge is -2.38. The van der Waals surface area contributed by atoms with Crippen molar-refractivity contribution in [1.82, 2.24) is 24.6 Å². The van der Waals surface area contributed by atoms with Crippen LogP contribution in [0.4, 0.5) is 22.0 Å². The van der Waals surface area contributed by atoms with Crippen molar-refractivity contribution >= 4 is 5.91 Å². The number of hydrogen-bond acceptors (Lipinski definition) is 6. The second-order valence-corrected chi connectivity index (χ2v) is 8.36. The number of rotatable bonds is 6. The Labute approximate surface area is 185 Å². The number of hydrogen-bond donors (Lipinski definition) is 1. The molecule has 4 rings (SSSR count). The maximum absolute atomic E-state index is 13.5. The number of carbonyl (C=O) groups is 1. The highest BCUT2D eigenvalue weighted by molar-refractivity contribution is 5.82. The van der Waals surface area contributed by atoms with Gasteiger partial charge in [-0.3, -0.25) is 4.79 Å². The molecule has 1 amide bonds. The summed E-state index contributed by atoms with van der Waals surface area (Å²) in [5, 5.41) is 13.4. The third kappa shape index (κ3) is 5.57. The van der Waals surface area contributed by atoms with Crippen molar-refractivity contribution in [2.75, 3.05) is 13.1 Å². The molecule has 180 valence electrons. The first kappa shape index (κ1) is 23.3. The Balaban J connectivity index is 1.49. The van der Waals surface area contributed by atoms with Gasteiger partial charge in [0.05, 0.1) is 31.1 Å². The molecule has 1 saturated carbocycles. The fourth-order valence-corrected chi connectivity index (χ4v) is 3.91. The summed E-state index contributed by atoms with van der Waals surface area (Å²) < 4.78 is 71.6. The minimum Gasteiger partial charge on any atom is -0.470 e.